The van der Waals surface area contributed by atoms with Crippen LogP contribution in [0.5, 0.6) is 0 Å². The van der Waals surface area contributed by atoms with E-state index in [4.69, 9.17) is 16.7 Å². The molecule has 1 heterocycles. The van der Waals surface area contributed by atoms with E-state index in [0.29, 0.717) is 5.69 Å². The fourth-order valence-corrected chi connectivity index (χ4v) is 1.73. The zero-order valence-electron chi connectivity index (χ0n) is 9.04. The van der Waals surface area contributed by atoms with Crippen molar-refractivity contribution in [3.8, 4) is 0 Å². The minimum Gasteiger partial charge on any atom is -0.476 e. The molecule has 86 valence electrons. The number of carbonyl (C=O) groups is 1. The Morgan fingerprint density at radius 3 is 2.13 bits per heavy atom. The molecule has 0 aliphatic rings. The van der Waals surface area contributed by atoms with E-state index in [0.717, 1.165) is 0 Å². The van der Waals surface area contributed by atoms with Gasteiger partial charge in [0.2, 0.25) is 0 Å². The van der Waals surface area contributed by atoms with Gasteiger partial charge in [0, 0.05) is 12.5 Å². The number of aromatic nitrogens is 2. The summed E-state index contributed by atoms with van der Waals surface area (Å²) in [7, 11) is 1.57. The van der Waals surface area contributed by atoms with Crippen LogP contribution >= 0.6 is 24.0 Å². The SMILES string of the molecule is Cl.Cn1nc(C(C)(C)C)c(Cl)c1C(=O)O. The van der Waals surface area contributed by atoms with Crippen molar-refractivity contribution in [1.29, 1.82) is 0 Å². The number of rotatable bonds is 1. The third-order valence-corrected chi connectivity index (χ3v) is 2.26. The molecule has 0 fully saturated rings. The quantitative estimate of drug-likeness (QED) is 0.836. The molecule has 6 heteroatoms. The monoisotopic (exact) mass is 252 g/mol. The highest BCUT2D eigenvalue weighted by atomic mass is 35.5. The Morgan fingerprint density at radius 2 is 1.93 bits per heavy atom. The topological polar surface area (TPSA) is 55.1 Å². The summed E-state index contributed by atoms with van der Waals surface area (Å²) in [5.74, 6) is -1.06. The summed E-state index contributed by atoms with van der Waals surface area (Å²) in [6.45, 7) is 5.81. The minimum atomic E-state index is -1.06. The maximum Gasteiger partial charge on any atom is 0.355 e. The van der Waals surface area contributed by atoms with E-state index in [9.17, 15) is 4.79 Å². The molecule has 0 aliphatic heterocycles. The Bertz CT molecular complexity index is 380. The third-order valence-electron chi connectivity index (χ3n) is 1.90. The first-order valence-electron chi connectivity index (χ1n) is 4.21. The van der Waals surface area contributed by atoms with E-state index in [1.807, 2.05) is 20.8 Å². The molecule has 1 N–H and O–H groups in total. The Kier molecular flexibility index (Phi) is 4.19. The Hall–Kier alpha value is -0.740. The summed E-state index contributed by atoms with van der Waals surface area (Å²) in [5, 5.41) is 13.2. The van der Waals surface area contributed by atoms with Crippen LogP contribution in [0.15, 0.2) is 0 Å². The number of aromatic carboxylic acids is 1. The first kappa shape index (κ1) is 14.3. The van der Waals surface area contributed by atoms with Crippen LogP contribution in [0.3, 0.4) is 0 Å². The zero-order chi connectivity index (χ0) is 11.1. The van der Waals surface area contributed by atoms with E-state index in [1.165, 1.54) is 4.68 Å². The second-order valence-electron chi connectivity index (χ2n) is 4.19. The van der Waals surface area contributed by atoms with E-state index in [2.05, 4.69) is 5.10 Å². The molecule has 15 heavy (non-hydrogen) atoms. The number of nitrogens with zero attached hydrogens (tertiary/aromatic N) is 2. The van der Waals surface area contributed by atoms with Crippen molar-refractivity contribution < 1.29 is 9.90 Å². The van der Waals surface area contributed by atoms with E-state index in [-0.39, 0.29) is 28.5 Å². The van der Waals surface area contributed by atoms with Gasteiger partial charge in [0.05, 0.1) is 10.7 Å². The predicted molar refractivity (Wildman–Crippen MR) is 61.1 cm³/mol. The van der Waals surface area contributed by atoms with Gasteiger partial charge in [-0.1, -0.05) is 32.4 Å². The first-order valence-corrected chi connectivity index (χ1v) is 4.59. The van der Waals surface area contributed by atoms with Crippen molar-refractivity contribution in [3.05, 3.63) is 16.4 Å². The molecule has 0 saturated carbocycles. The molecule has 4 nitrogen and oxygen atoms in total. The number of carboxylic acids is 1. The number of hydrogen-bond acceptors (Lipinski definition) is 2. The maximum atomic E-state index is 10.8. The first-order chi connectivity index (χ1) is 6.25. The standard InChI is InChI=1S/C9H13ClN2O2.ClH/c1-9(2,3)7-5(10)6(8(13)14)12(4)11-7;/h1-4H3,(H,13,14);1H. The summed E-state index contributed by atoms with van der Waals surface area (Å²) in [6, 6.07) is 0. The highest BCUT2D eigenvalue weighted by Gasteiger charge is 2.27. The molecular weight excluding hydrogens is 239 g/mol. The van der Waals surface area contributed by atoms with Crippen LogP contribution in [-0.2, 0) is 12.5 Å². The average Bonchev–Trinajstić information content (AvgIpc) is 2.24. The van der Waals surface area contributed by atoms with Gasteiger partial charge in [-0.3, -0.25) is 4.68 Å². The Balaban J connectivity index is 0.00000196. The van der Waals surface area contributed by atoms with Crippen molar-refractivity contribution in [1.82, 2.24) is 9.78 Å². The highest BCUT2D eigenvalue weighted by Crippen LogP contribution is 2.30. The number of hydrogen-bond donors (Lipinski definition) is 1. The van der Waals surface area contributed by atoms with Gasteiger partial charge >= 0.3 is 5.97 Å². The fourth-order valence-electron chi connectivity index (χ4n) is 1.21. The molecule has 1 aromatic heterocycles. The van der Waals surface area contributed by atoms with Crippen LogP contribution in [0.25, 0.3) is 0 Å². The van der Waals surface area contributed by atoms with Gasteiger partial charge in [0.15, 0.2) is 5.69 Å². The molecule has 0 atom stereocenters. The van der Waals surface area contributed by atoms with E-state index in [1.54, 1.807) is 7.05 Å². The van der Waals surface area contributed by atoms with Crippen LogP contribution in [0.4, 0.5) is 0 Å². The highest BCUT2D eigenvalue weighted by molar-refractivity contribution is 6.34. The van der Waals surface area contributed by atoms with Gasteiger partial charge in [0.25, 0.3) is 0 Å². The van der Waals surface area contributed by atoms with Crippen molar-refractivity contribution in [2.24, 2.45) is 7.05 Å². The van der Waals surface area contributed by atoms with Crippen LogP contribution in [-0.4, -0.2) is 20.9 Å². The van der Waals surface area contributed by atoms with E-state index < -0.39 is 5.97 Å². The van der Waals surface area contributed by atoms with Crippen LogP contribution in [0.1, 0.15) is 37.0 Å². The largest absolute Gasteiger partial charge is 0.476 e. The van der Waals surface area contributed by atoms with Gasteiger partial charge in [-0.05, 0) is 0 Å². The van der Waals surface area contributed by atoms with Gasteiger partial charge < -0.3 is 5.11 Å². The van der Waals surface area contributed by atoms with Gasteiger partial charge in [0.1, 0.15) is 0 Å². The smallest absolute Gasteiger partial charge is 0.355 e. The van der Waals surface area contributed by atoms with Crippen molar-refractivity contribution in [2.45, 2.75) is 26.2 Å². The Morgan fingerprint density at radius 1 is 1.47 bits per heavy atom. The summed E-state index contributed by atoms with van der Waals surface area (Å²) in [6.07, 6.45) is 0. The fraction of sp³-hybridized carbons (Fsp3) is 0.556. The second kappa shape index (κ2) is 4.41. The summed E-state index contributed by atoms with van der Waals surface area (Å²) < 4.78 is 1.30. The normalized spacial score (nSPS) is 11.0. The molecule has 0 unspecified atom stereocenters. The molecule has 0 aliphatic carbocycles. The van der Waals surface area contributed by atoms with Crippen molar-refractivity contribution >= 4 is 30.0 Å². The molecule has 0 radical (unpaired) electrons. The zero-order valence-corrected chi connectivity index (χ0v) is 10.6. The molecule has 0 amide bonds. The van der Waals surface area contributed by atoms with Crippen LogP contribution in [0, 0.1) is 0 Å². The number of halogens is 2. The van der Waals surface area contributed by atoms with Gasteiger partial charge in [-0.2, -0.15) is 5.10 Å². The third kappa shape index (κ3) is 2.63. The molecule has 1 aromatic rings. The molecule has 1 rings (SSSR count). The lowest BCUT2D eigenvalue weighted by Crippen LogP contribution is -2.12. The molecule has 0 bridgehead atoms. The van der Waals surface area contributed by atoms with Crippen molar-refractivity contribution in [3.63, 3.8) is 0 Å². The molecule has 0 saturated heterocycles. The van der Waals surface area contributed by atoms with Crippen LogP contribution < -0.4 is 0 Å². The lowest BCUT2D eigenvalue weighted by molar-refractivity contribution is 0.0685. The number of aryl methyl sites for hydroxylation is 1. The van der Waals surface area contributed by atoms with Crippen molar-refractivity contribution in [2.75, 3.05) is 0 Å². The predicted octanol–water partition coefficient (Wildman–Crippen LogP) is 2.49. The maximum absolute atomic E-state index is 10.8. The van der Waals surface area contributed by atoms with Gasteiger partial charge in [-0.15, -0.1) is 12.4 Å². The molecular formula is C9H14Cl2N2O2. The molecule has 0 spiro atoms. The molecule has 0 aromatic carbocycles. The van der Waals surface area contributed by atoms with E-state index >= 15 is 0 Å². The summed E-state index contributed by atoms with van der Waals surface area (Å²) >= 11 is 5.95. The lowest BCUT2D eigenvalue weighted by atomic mass is 9.92. The summed E-state index contributed by atoms with van der Waals surface area (Å²) in [5.41, 5.74) is 0.401. The number of carboxylic acid groups (broad SMARTS) is 1. The lowest BCUT2D eigenvalue weighted by Gasteiger charge is -2.14. The second-order valence-corrected chi connectivity index (χ2v) is 4.57. The van der Waals surface area contributed by atoms with Crippen LogP contribution in [0.2, 0.25) is 5.02 Å². The minimum absolute atomic E-state index is 0. The Labute approximate surface area is 99.6 Å². The average molecular weight is 253 g/mol. The summed E-state index contributed by atoms with van der Waals surface area (Å²) in [4.78, 5) is 10.8. The van der Waals surface area contributed by atoms with Gasteiger partial charge in [-0.25, -0.2) is 4.79 Å².